The lowest BCUT2D eigenvalue weighted by molar-refractivity contribution is -0.0338. The van der Waals surface area contributed by atoms with Gasteiger partial charge >= 0.3 is 0 Å². The van der Waals surface area contributed by atoms with Crippen LogP contribution >= 0.6 is 15.9 Å². The van der Waals surface area contributed by atoms with Crippen molar-refractivity contribution in [3.8, 4) is 5.88 Å². The number of hydrogen-bond acceptors (Lipinski definition) is 5. The number of aromatic nitrogens is 2. The zero-order chi connectivity index (χ0) is 15.6. The van der Waals surface area contributed by atoms with Crippen LogP contribution < -0.4 is 10.1 Å². The third-order valence-corrected chi connectivity index (χ3v) is 3.69. The molecule has 5 nitrogen and oxygen atoms in total. The fourth-order valence-electron chi connectivity index (χ4n) is 2.49. The summed E-state index contributed by atoms with van der Waals surface area (Å²) in [5.41, 5.74) is -0.296. The van der Waals surface area contributed by atoms with Crippen LogP contribution in [0.2, 0.25) is 0 Å². The quantitative estimate of drug-likeness (QED) is 0.891. The Morgan fingerprint density at radius 3 is 2.48 bits per heavy atom. The van der Waals surface area contributed by atoms with E-state index in [2.05, 4.69) is 45.1 Å². The molecule has 0 amide bonds. The molecular formula is C15H24BrN3O2. The molecule has 0 radical (unpaired) electrons. The second kappa shape index (κ2) is 6.48. The fourth-order valence-corrected chi connectivity index (χ4v) is 2.76. The van der Waals surface area contributed by atoms with Gasteiger partial charge in [0.15, 0.2) is 0 Å². The molecule has 0 saturated carbocycles. The largest absolute Gasteiger partial charge is 0.471 e. The number of anilines is 1. The van der Waals surface area contributed by atoms with Crippen molar-refractivity contribution < 1.29 is 9.47 Å². The van der Waals surface area contributed by atoms with Crippen molar-refractivity contribution in [2.75, 3.05) is 5.32 Å². The average Bonchev–Trinajstić information content (AvgIpc) is 2.30. The third kappa shape index (κ3) is 5.11. The van der Waals surface area contributed by atoms with Gasteiger partial charge in [-0.1, -0.05) is 0 Å². The zero-order valence-electron chi connectivity index (χ0n) is 13.3. The van der Waals surface area contributed by atoms with Gasteiger partial charge in [0, 0.05) is 6.04 Å². The summed E-state index contributed by atoms with van der Waals surface area (Å²) in [6.45, 7) is 10.2. The highest BCUT2D eigenvalue weighted by molar-refractivity contribution is 9.10. The van der Waals surface area contributed by atoms with Gasteiger partial charge in [0.1, 0.15) is 5.60 Å². The van der Waals surface area contributed by atoms with E-state index < -0.39 is 0 Å². The second-order valence-corrected chi connectivity index (χ2v) is 7.49. The van der Waals surface area contributed by atoms with Crippen molar-refractivity contribution in [3.63, 3.8) is 0 Å². The SMILES string of the molecule is C[C@@H]1CC(Nc2ncc(Br)c(OC(C)(C)C)n2)C[C@@H](C)O1. The molecule has 0 aromatic carbocycles. The van der Waals surface area contributed by atoms with Gasteiger partial charge in [-0.05, 0) is 63.4 Å². The van der Waals surface area contributed by atoms with E-state index >= 15 is 0 Å². The summed E-state index contributed by atoms with van der Waals surface area (Å²) in [5, 5.41) is 3.39. The van der Waals surface area contributed by atoms with Gasteiger partial charge in [-0.2, -0.15) is 4.98 Å². The summed E-state index contributed by atoms with van der Waals surface area (Å²) in [6, 6.07) is 0.326. The van der Waals surface area contributed by atoms with Crippen LogP contribution in [0, 0.1) is 0 Å². The van der Waals surface area contributed by atoms with E-state index in [1.54, 1.807) is 6.20 Å². The van der Waals surface area contributed by atoms with Crippen molar-refractivity contribution in [1.82, 2.24) is 9.97 Å². The van der Waals surface area contributed by atoms with Gasteiger partial charge < -0.3 is 14.8 Å². The predicted molar refractivity (Wildman–Crippen MR) is 86.8 cm³/mol. The van der Waals surface area contributed by atoms with Crippen LogP contribution in [0.25, 0.3) is 0 Å². The smallest absolute Gasteiger partial charge is 0.233 e. The van der Waals surface area contributed by atoms with Crippen LogP contribution in [0.4, 0.5) is 5.95 Å². The summed E-state index contributed by atoms with van der Waals surface area (Å²) in [7, 11) is 0. The normalized spacial score (nSPS) is 26.5. The van der Waals surface area contributed by atoms with Crippen LogP contribution in [-0.2, 0) is 4.74 Å². The Morgan fingerprint density at radius 1 is 1.29 bits per heavy atom. The molecule has 1 aliphatic rings. The van der Waals surface area contributed by atoms with Crippen LogP contribution in [0.1, 0.15) is 47.5 Å². The molecular weight excluding hydrogens is 334 g/mol. The molecule has 0 spiro atoms. The van der Waals surface area contributed by atoms with E-state index in [0.29, 0.717) is 17.9 Å². The lowest BCUT2D eigenvalue weighted by Gasteiger charge is -2.32. The Labute approximate surface area is 135 Å². The molecule has 1 N–H and O–H groups in total. The maximum atomic E-state index is 5.84. The molecule has 118 valence electrons. The lowest BCUT2D eigenvalue weighted by atomic mass is 10.0. The average molecular weight is 358 g/mol. The van der Waals surface area contributed by atoms with Crippen molar-refractivity contribution >= 4 is 21.9 Å². The highest BCUT2D eigenvalue weighted by atomic mass is 79.9. The molecule has 1 saturated heterocycles. The minimum absolute atomic E-state index is 0.256. The maximum Gasteiger partial charge on any atom is 0.233 e. The highest BCUT2D eigenvalue weighted by Crippen LogP contribution is 2.27. The summed E-state index contributed by atoms with van der Waals surface area (Å²) < 4.78 is 12.4. The van der Waals surface area contributed by atoms with Gasteiger partial charge in [0.25, 0.3) is 0 Å². The molecule has 2 atom stereocenters. The van der Waals surface area contributed by atoms with Gasteiger partial charge in [-0.3, -0.25) is 0 Å². The van der Waals surface area contributed by atoms with Gasteiger partial charge in [-0.15, -0.1) is 0 Å². The van der Waals surface area contributed by atoms with Crippen LogP contribution in [0.5, 0.6) is 5.88 Å². The van der Waals surface area contributed by atoms with E-state index in [0.717, 1.165) is 17.3 Å². The third-order valence-electron chi connectivity index (χ3n) is 3.15. The van der Waals surface area contributed by atoms with Gasteiger partial charge in [0.05, 0.1) is 22.9 Å². The summed E-state index contributed by atoms with van der Waals surface area (Å²) in [5.74, 6) is 1.16. The Morgan fingerprint density at radius 2 is 1.90 bits per heavy atom. The predicted octanol–water partition coefficient (Wildman–Crippen LogP) is 3.78. The molecule has 21 heavy (non-hydrogen) atoms. The zero-order valence-corrected chi connectivity index (χ0v) is 14.9. The second-order valence-electron chi connectivity index (χ2n) is 6.63. The molecule has 2 rings (SSSR count). The first-order chi connectivity index (χ1) is 9.73. The number of hydrogen-bond donors (Lipinski definition) is 1. The molecule has 6 heteroatoms. The van der Waals surface area contributed by atoms with E-state index in [9.17, 15) is 0 Å². The molecule has 1 aliphatic heterocycles. The molecule has 0 aliphatic carbocycles. The Hall–Kier alpha value is -0.880. The summed E-state index contributed by atoms with van der Waals surface area (Å²) in [6.07, 6.45) is 4.15. The molecule has 1 fully saturated rings. The summed E-state index contributed by atoms with van der Waals surface area (Å²) >= 11 is 3.43. The topological polar surface area (TPSA) is 56.3 Å². The number of rotatable bonds is 3. The molecule has 2 heterocycles. The van der Waals surface area contributed by atoms with Crippen molar-refractivity contribution in [2.24, 2.45) is 0 Å². The van der Waals surface area contributed by atoms with Crippen LogP contribution in [0.15, 0.2) is 10.7 Å². The first-order valence-electron chi connectivity index (χ1n) is 7.36. The number of nitrogens with one attached hydrogen (secondary N) is 1. The molecule has 0 bridgehead atoms. The van der Waals surface area contributed by atoms with Gasteiger partial charge in [-0.25, -0.2) is 4.98 Å². The molecule has 0 unspecified atom stereocenters. The lowest BCUT2D eigenvalue weighted by Crippen LogP contribution is -2.37. The first kappa shape index (κ1) is 16.5. The highest BCUT2D eigenvalue weighted by Gasteiger charge is 2.25. The van der Waals surface area contributed by atoms with Gasteiger partial charge in [0.2, 0.25) is 11.8 Å². The van der Waals surface area contributed by atoms with E-state index in [1.807, 2.05) is 20.8 Å². The van der Waals surface area contributed by atoms with Crippen LogP contribution in [-0.4, -0.2) is 33.8 Å². The first-order valence-corrected chi connectivity index (χ1v) is 8.16. The number of halogens is 1. The van der Waals surface area contributed by atoms with Crippen LogP contribution in [0.3, 0.4) is 0 Å². The summed E-state index contributed by atoms with van der Waals surface area (Å²) in [4.78, 5) is 8.79. The van der Waals surface area contributed by atoms with E-state index in [1.165, 1.54) is 0 Å². The standard InChI is InChI=1S/C15H24BrN3O2/c1-9-6-11(7-10(2)20-9)18-14-17-8-12(16)13(19-14)21-15(3,4)5/h8-11H,6-7H2,1-5H3,(H,17,18,19)/t9-,10-/m1/s1. The maximum absolute atomic E-state index is 5.84. The molecule has 1 aromatic heterocycles. The Balaban J connectivity index is 2.08. The van der Waals surface area contributed by atoms with Crippen molar-refractivity contribution in [3.05, 3.63) is 10.7 Å². The number of ether oxygens (including phenoxy) is 2. The number of nitrogens with zero attached hydrogens (tertiary/aromatic N) is 2. The Kier molecular flexibility index (Phi) is 5.09. The van der Waals surface area contributed by atoms with E-state index in [4.69, 9.17) is 9.47 Å². The minimum atomic E-state index is -0.296. The minimum Gasteiger partial charge on any atom is -0.471 e. The monoisotopic (exact) mass is 357 g/mol. The van der Waals surface area contributed by atoms with Crippen molar-refractivity contribution in [2.45, 2.75) is 71.3 Å². The Bertz CT molecular complexity index is 480. The fraction of sp³-hybridized carbons (Fsp3) is 0.733. The van der Waals surface area contributed by atoms with Crippen molar-refractivity contribution in [1.29, 1.82) is 0 Å². The molecule has 1 aromatic rings. The van der Waals surface area contributed by atoms with E-state index in [-0.39, 0.29) is 17.8 Å².